The fourth-order valence-corrected chi connectivity index (χ4v) is 6.18. The van der Waals surface area contributed by atoms with Crippen LogP contribution in [0.25, 0.3) is 0 Å². The summed E-state index contributed by atoms with van der Waals surface area (Å²) in [4.78, 5) is 13.5. The van der Waals surface area contributed by atoms with Crippen LogP contribution in [0, 0.1) is 0 Å². The lowest BCUT2D eigenvalue weighted by Gasteiger charge is -2.43. The number of piperidine rings is 1. The molecule has 3 aliphatic rings. The van der Waals surface area contributed by atoms with Gasteiger partial charge >= 0.3 is 0 Å². The number of anilines is 1. The molecule has 0 bridgehead atoms. The van der Waals surface area contributed by atoms with Crippen LogP contribution in [-0.2, 0) is 16.8 Å². The van der Waals surface area contributed by atoms with E-state index in [0.717, 1.165) is 48.1 Å². The molecule has 0 radical (unpaired) electrons. The minimum atomic E-state index is -0.302. The number of amides is 1. The molecule has 1 amide bonds. The van der Waals surface area contributed by atoms with Gasteiger partial charge in [0.15, 0.2) is 0 Å². The number of thiophene rings is 1. The van der Waals surface area contributed by atoms with E-state index in [1.54, 1.807) is 37.6 Å². The first-order chi connectivity index (χ1) is 15.5. The van der Waals surface area contributed by atoms with Crippen LogP contribution in [0.15, 0.2) is 36.2 Å². The van der Waals surface area contributed by atoms with Crippen LogP contribution in [0.1, 0.15) is 33.6 Å². The van der Waals surface area contributed by atoms with E-state index in [2.05, 4.69) is 27.7 Å². The van der Waals surface area contributed by atoms with E-state index in [1.807, 2.05) is 17.3 Å². The zero-order valence-corrected chi connectivity index (χ0v) is 19.5. The predicted molar refractivity (Wildman–Crippen MR) is 125 cm³/mol. The Labute approximate surface area is 195 Å². The van der Waals surface area contributed by atoms with Gasteiger partial charge in [0.25, 0.3) is 5.91 Å². The maximum atomic E-state index is 12.3. The highest BCUT2D eigenvalue weighted by Gasteiger charge is 2.45. The summed E-state index contributed by atoms with van der Waals surface area (Å²) >= 11 is 7.98. The summed E-state index contributed by atoms with van der Waals surface area (Å²) in [6.45, 7) is 1.57. The van der Waals surface area contributed by atoms with Gasteiger partial charge in [-0.1, -0.05) is 11.6 Å². The number of ether oxygens (including phenoxy) is 2. The second-order valence-electron chi connectivity index (χ2n) is 8.11. The lowest BCUT2D eigenvalue weighted by molar-refractivity contribution is -0.0839. The van der Waals surface area contributed by atoms with Gasteiger partial charge in [0.2, 0.25) is 0 Å². The topological polar surface area (TPSA) is 86.9 Å². The van der Waals surface area contributed by atoms with Gasteiger partial charge in [-0.3, -0.25) is 9.80 Å². The number of nitrogens with zero attached hydrogens (tertiary/aromatic N) is 1. The lowest BCUT2D eigenvalue weighted by atomic mass is 9.82. The molecule has 3 aliphatic heterocycles. The van der Waals surface area contributed by atoms with Gasteiger partial charge in [-0.15, -0.1) is 16.9 Å². The molecule has 5 rings (SSSR count). The molecule has 1 aromatic carbocycles. The standard InChI is InChI=1S/C22H26ClN5O3S/c1-24-21(29)15-10-14(3-4-18(15)30-2)28-12-17(26-27-28)16-11-22(6-7-25-16)20-13(5-8-31-22)9-19(23)32-20/h3-4,9-10,12,16,25-27H,5-8,11H2,1-2H3,(H,24,29)/t16-,22-/m0/s1. The summed E-state index contributed by atoms with van der Waals surface area (Å²) in [5, 5.41) is 8.13. The van der Waals surface area contributed by atoms with E-state index in [9.17, 15) is 4.79 Å². The Morgan fingerprint density at radius 3 is 3.09 bits per heavy atom. The molecular formula is C22H26ClN5O3S. The summed E-state index contributed by atoms with van der Waals surface area (Å²) in [6.07, 6.45) is 4.67. The van der Waals surface area contributed by atoms with E-state index in [1.165, 1.54) is 10.4 Å². The average molecular weight is 476 g/mol. The van der Waals surface area contributed by atoms with Crippen molar-refractivity contribution in [1.82, 2.24) is 21.6 Å². The average Bonchev–Trinajstić information content (AvgIpc) is 3.46. The van der Waals surface area contributed by atoms with Gasteiger partial charge in [-0.2, -0.15) is 0 Å². The Bertz CT molecular complexity index is 1070. The molecule has 1 aromatic heterocycles. The third kappa shape index (κ3) is 3.74. The molecule has 32 heavy (non-hydrogen) atoms. The van der Waals surface area contributed by atoms with Gasteiger partial charge in [0.05, 0.1) is 41.0 Å². The second-order valence-corrected chi connectivity index (χ2v) is 9.80. The number of carbonyl (C=O) groups excluding carboxylic acids is 1. The zero-order valence-electron chi connectivity index (χ0n) is 18.0. The molecule has 10 heteroatoms. The Kier molecular flexibility index (Phi) is 5.77. The van der Waals surface area contributed by atoms with Gasteiger partial charge in [-0.05, 0) is 49.2 Å². The highest BCUT2D eigenvalue weighted by atomic mass is 35.5. The predicted octanol–water partition coefficient (Wildman–Crippen LogP) is 2.66. The van der Waals surface area contributed by atoms with Crippen molar-refractivity contribution in [3.63, 3.8) is 0 Å². The number of rotatable bonds is 4. The molecule has 2 aromatic rings. The molecule has 1 fully saturated rings. The summed E-state index contributed by atoms with van der Waals surface area (Å²) in [5.74, 6) is 0.330. The van der Waals surface area contributed by atoms with E-state index in [-0.39, 0.29) is 17.6 Å². The minimum Gasteiger partial charge on any atom is -0.496 e. The molecule has 4 heterocycles. The molecule has 0 aliphatic carbocycles. The molecular weight excluding hydrogens is 450 g/mol. The van der Waals surface area contributed by atoms with Crippen molar-refractivity contribution in [2.75, 3.05) is 32.3 Å². The van der Waals surface area contributed by atoms with Crippen LogP contribution in [0.5, 0.6) is 5.75 Å². The van der Waals surface area contributed by atoms with Gasteiger partial charge in [-0.25, -0.2) is 0 Å². The SMILES string of the molecule is CNC(=O)c1cc(N2C=C([C@@H]3C[C@]4(CCN3)OCCc3cc(Cl)sc34)NN2)ccc1OC. The fourth-order valence-electron chi connectivity index (χ4n) is 4.70. The van der Waals surface area contributed by atoms with E-state index < -0.39 is 0 Å². The first kappa shape index (κ1) is 21.5. The number of methoxy groups -OCH3 is 1. The van der Waals surface area contributed by atoms with Gasteiger partial charge in [0, 0.05) is 24.5 Å². The summed E-state index contributed by atoms with van der Waals surface area (Å²) in [5.41, 5.74) is 9.78. The van der Waals surface area contributed by atoms with E-state index in [4.69, 9.17) is 21.1 Å². The Morgan fingerprint density at radius 1 is 1.41 bits per heavy atom. The lowest BCUT2D eigenvalue weighted by Crippen LogP contribution is -2.51. The quantitative estimate of drug-likeness (QED) is 0.540. The van der Waals surface area contributed by atoms with Crippen LogP contribution >= 0.6 is 22.9 Å². The van der Waals surface area contributed by atoms with Crippen molar-refractivity contribution < 1.29 is 14.3 Å². The smallest absolute Gasteiger partial charge is 0.254 e. The highest BCUT2D eigenvalue weighted by molar-refractivity contribution is 7.16. The van der Waals surface area contributed by atoms with Crippen molar-refractivity contribution in [3.05, 3.63) is 56.5 Å². The van der Waals surface area contributed by atoms with Crippen molar-refractivity contribution in [2.45, 2.75) is 30.9 Å². The Hall–Kier alpha value is -2.30. The molecule has 0 saturated carbocycles. The molecule has 4 N–H and O–H groups in total. The molecule has 1 saturated heterocycles. The van der Waals surface area contributed by atoms with Crippen molar-refractivity contribution >= 4 is 34.5 Å². The monoisotopic (exact) mass is 475 g/mol. The normalized spacial score (nSPS) is 24.7. The van der Waals surface area contributed by atoms with Crippen LogP contribution in [0.3, 0.4) is 0 Å². The van der Waals surface area contributed by atoms with Gasteiger partial charge in [0.1, 0.15) is 11.4 Å². The summed E-state index contributed by atoms with van der Waals surface area (Å²) < 4.78 is 12.6. The zero-order chi connectivity index (χ0) is 22.3. The third-order valence-electron chi connectivity index (χ3n) is 6.29. The van der Waals surface area contributed by atoms with Crippen LogP contribution < -0.4 is 31.3 Å². The van der Waals surface area contributed by atoms with Crippen LogP contribution in [0.2, 0.25) is 4.34 Å². The molecule has 1 spiro atoms. The van der Waals surface area contributed by atoms with Gasteiger partial charge < -0.3 is 25.5 Å². The number of hydrazine groups is 2. The number of hydrogen-bond acceptors (Lipinski definition) is 8. The summed E-state index contributed by atoms with van der Waals surface area (Å²) in [6, 6.07) is 7.67. The van der Waals surface area contributed by atoms with Crippen LogP contribution in [-0.4, -0.2) is 39.3 Å². The maximum Gasteiger partial charge on any atom is 0.254 e. The second kappa shape index (κ2) is 8.57. The molecule has 8 nitrogen and oxygen atoms in total. The molecule has 2 atom stereocenters. The fraction of sp³-hybridized carbons (Fsp3) is 0.409. The number of hydrogen-bond donors (Lipinski definition) is 4. The minimum absolute atomic E-state index is 0.0877. The Balaban J connectivity index is 1.39. The number of fused-ring (bicyclic) bond motifs is 2. The van der Waals surface area contributed by atoms with E-state index in [0.29, 0.717) is 11.3 Å². The maximum absolute atomic E-state index is 12.3. The third-order valence-corrected chi connectivity index (χ3v) is 7.78. The first-order valence-electron chi connectivity index (χ1n) is 10.6. The number of benzene rings is 1. The summed E-state index contributed by atoms with van der Waals surface area (Å²) in [7, 11) is 3.16. The van der Waals surface area contributed by atoms with Crippen molar-refractivity contribution in [2.24, 2.45) is 0 Å². The van der Waals surface area contributed by atoms with E-state index >= 15 is 0 Å². The van der Waals surface area contributed by atoms with Crippen molar-refractivity contribution in [1.29, 1.82) is 0 Å². The number of nitrogens with one attached hydrogen (secondary N) is 4. The molecule has 0 unspecified atom stereocenters. The number of halogens is 1. The number of carbonyl (C=O) groups is 1. The Morgan fingerprint density at radius 2 is 2.28 bits per heavy atom. The molecule has 170 valence electrons. The largest absolute Gasteiger partial charge is 0.496 e. The highest BCUT2D eigenvalue weighted by Crippen LogP contribution is 2.47. The van der Waals surface area contributed by atoms with Crippen LogP contribution in [0.4, 0.5) is 5.69 Å². The first-order valence-corrected chi connectivity index (χ1v) is 11.8. The van der Waals surface area contributed by atoms with Crippen molar-refractivity contribution in [3.8, 4) is 5.75 Å².